The summed E-state index contributed by atoms with van der Waals surface area (Å²) in [4.78, 5) is 26.9. The van der Waals surface area contributed by atoms with Crippen molar-refractivity contribution in [2.45, 2.75) is 25.5 Å². The zero-order valence-corrected chi connectivity index (χ0v) is 15.9. The number of anilines is 2. The van der Waals surface area contributed by atoms with E-state index in [9.17, 15) is 14.9 Å². The first-order valence-corrected chi connectivity index (χ1v) is 9.53. The van der Waals surface area contributed by atoms with Gasteiger partial charge in [0.15, 0.2) is 0 Å². The molecule has 0 spiro atoms. The summed E-state index contributed by atoms with van der Waals surface area (Å²) in [5.74, 6) is -0.664. The second-order valence-electron chi connectivity index (χ2n) is 6.07. The molecule has 2 aromatic carbocycles. The van der Waals surface area contributed by atoms with Gasteiger partial charge in [0, 0.05) is 11.4 Å². The van der Waals surface area contributed by atoms with Crippen LogP contribution >= 0.6 is 11.8 Å². The van der Waals surface area contributed by atoms with Crippen LogP contribution in [-0.2, 0) is 16.0 Å². The molecule has 1 heterocycles. The molecule has 136 valence electrons. The summed E-state index contributed by atoms with van der Waals surface area (Å²) >= 11 is 1.23. The molecule has 1 aliphatic rings. The van der Waals surface area contributed by atoms with Gasteiger partial charge in [0.05, 0.1) is 5.25 Å². The Bertz CT molecular complexity index is 930. The topological polar surface area (TPSA) is 73.2 Å². The molecule has 0 saturated carbocycles. The van der Waals surface area contributed by atoms with E-state index in [0.717, 1.165) is 12.0 Å². The summed E-state index contributed by atoms with van der Waals surface area (Å²) in [6.45, 7) is 3.83. The number of para-hydroxylation sites is 1. The lowest BCUT2D eigenvalue weighted by molar-refractivity contribution is -0.116. The Balaban J connectivity index is 1.99. The molecule has 1 saturated heterocycles. The largest absolute Gasteiger partial charge is 0.321 e. The number of benzene rings is 2. The van der Waals surface area contributed by atoms with Crippen LogP contribution in [0.4, 0.5) is 11.4 Å². The lowest BCUT2D eigenvalue weighted by Crippen LogP contribution is -2.29. The Morgan fingerprint density at radius 1 is 1.19 bits per heavy atom. The first-order chi connectivity index (χ1) is 13.0. The number of thioether (sulfide) groups is 1. The molecule has 1 fully saturated rings. The maximum Gasteiger partial charge on any atom is 0.269 e. The number of rotatable bonds is 4. The average molecular weight is 377 g/mol. The van der Waals surface area contributed by atoms with Gasteiger partial charge >= 0.3 is 0 Å². The molecule has 1 aliphatic heterocycles. The molecule has 0 aliphatic carbocycles. The van der Waals surface area contributed by atoms with Gasteiger partial charge in [0.25, 0.3) is 5.91 Å². The highest BCUT2D eigenvalue weighted by atomic mass is 32.2. The van der Waals surface area contributed by atoms with Gasteiger partial charge in [-0.05, 0) is 43.2 Å². The predicted octanol–water partition coefficient (Wildman–Crippen LogP) is 4.09. The van der Waals surface area contributed by atoms with E-state index in [-0.39, 0.29) is 16.7 Å². The number of nitrogens with one attached hydrogen (secondary N) is 1. The molecule has 0 radical (unpaired) electrons. The van der Waals surface area contributed by atoms with E-state index >= 15 is 0 Å². The van der Waals surface area contributed by atoms with Crippen LogP contribution in [0, 0.1) is 11.3 Å². The Morgan fingerprint density at radius 3 is 2.44 bits per heavy atom. The zero-order chi connectivity index (χ0) is 19.4. The molecule has 1 unspecified atom stereocenters. The van der Waals surface area contributed by atoms with Crippen molar-refractivity contribution in [3.8, 4) is 6.07 Å². The fraction of sp³-hybridized carbons (Fsp3) is 0.190. The van der Waals surface area contributed by atoms with E-state index in [1.54, 1.807) is 31.2 Å². The molecule has 27 heavy (non-hydrogen) atoms. The fourth-order valence-electron chi connectivity index (χ4n) is 2.76. The number of aryl methyl sites for hydroxylation is 1. The van der Waals surface area contributed by atoms with Crippen LogP contribution in [0.15, 0.2) is 65.2 Å². The van der Waals surface area contributed by atoms with Gasteiger partial charge in [-0.3, -0.25) is 14.5 Å². The molecular formula is C21H19N3O2S. The normalized spacial score (nSPS) is 18.2. The minimum absolute atomic E-state index is 0.0684. The number of hydrogen-bond donors (Lipinski definition) is 1. The molecule has 6 heteroatoms. The van der Waals surface area contributed by atoms with E-state index in [0.29, 0.717) is 16.4 Å². The summed E-state index contributed by atoms with van der Waals surface area (Å²) in [5.41, 5.74) is 2.33. The smallest absolute Gasteiger partial charge is 0.269 e. The molecule has 2 aromatic rings. The van der Waals surface area contributed by atoms with E-state index in [1.165, 1.54) is 16.7 Å². The van der Waals surface area contributed by atoms with Crippen molar-refractivity contribution >= 4 is 35.0 Å². The van der Waals surface area contributed by atoms with Crippen LogP contribution in [-0.4, -0.2) is 17.1 Å². The van der Waals surface area contributed by atoms with E-state index in [4.69, 9.17) is 0 Å². The molecule has 2 amide bonds. The van der Waals surface area contributed by atoms with Crippen molar-refractivity contribution in [3.05, 3.63) is 70.8 Å². The van der Waals surface area contributed by atoms with Crippen molar-refractivity contribution in [2.24, 2.45) is 0 Å². The summed E-state index contributed by atoms with van der Waals surface area (Å²) in [7, 11) is 0. The Kier molecular flexibility index (Phi) is 5.63. The van der Waals surface area contributed by atoms with Crippen molar-refractivity contribution in [1.82, 2.24) is 0 Å². The van der Waals surface area contributed by atoms with E-state index in [1.807, 2.05) is 36.4 Å². The highest BCUT2D eigenvalue weighted by molar-refractivity contribution is 8.05. The van der Waals surface area contributed by atoms with Crippen LogP contribution in [0.1, 0.15) is 19.4 Å². The van der Waals surface area contributed by atoms with Gasteiger partial charge in [-0.25, -0.2) is 0 Å². The molecular weight excluding hydrogens is 358 g/mol. The van der Waals surface area contributed by atoms with Crippen LogP contribution < -0.4 is 10.2 Å². The van der Waals surface area contributed by atoms with Gasteiger partial charge in [-0.15, -0.1) is 0 Å². The number of nitrogens with zero attached hydrogens (tertiary/aromatic N) is 2. The van der Waals surface area contributed by atoms with E-state index < -0.39 is 5.91 Å². The third kappa shape index (κ3) is 3.88. The van der Waals surface area contributed by atoms with Gasteiger partial charge < -0.3 is 5.32 Å². The van der Waals surface area contributed by atoms with Crippen LogP contribution in [0.25, 0.3) is 0 Å². The monoisotopic (exact) mass is 377 g/mol. The maximum absolute atomic E-state index is 12.7. The SMILES string of the molecule is CCc1ccc(N2C(=O)C(C)S/C2=C(/C#N)C(=O)Nc2ccccc2)cc1. The minimum Gasteiger partial charge on any atom is -0.321 e. The second-order valence-corrected chi connectivity index (χ2v) is 7.40. The third-order valence-electron chi connectivity index (χ3n) is 4.25. The molecule has 1 N–H and O–H groups in total. The number of carbonyl (C=O) groups excluding carboxylic acids is 2. The molecule has 5 nitrogen and oxygen atoms in total. The average Bonchev–Trinajstić information content (AvgIpc) is 2.97. The van der Waals surface area contributed by atoms with Gasteiger partial charge in [-0.1, -0.05) is 49.0 Å². The standard InChI is InChI=1S/C21H19N3O2S/c1-3-15-9-11-17(12-10-15)24-20(26)14(2)27-21(24)18(13-22)19(25)23-16-7-5-4-6-8-16/h4-12,14H,3H2,1-2H3,(H,23,25)/b21-18-. The lowest BCUT2D eigenvalue weighted by atomic mass is 10.1. The summed E-state index contributed by atoms with van der Waals surface area (Å²) in [6.07, 6.45) is 0.894. The Labute approximate surface area is 162 Å². The van der Waals surface area contributed by atoms with Gasteiger partial charge in [0.2, 0.25) is 5.91 Å². The first-order valence-electron chi connectivity index (χ1n) is 8.65. The molecule has 0 aromatic heterocycles. The summed E-state index contributed by atoms with van der Waals surface area (Å²) < 4.78 is 0. The zero-order valence-electron chi connectivity index (χ0n) is 15.1. The fourth-order valence-corrected chi connectivity index (χ4v) is 3.86. The molecule has 1 atom stereocenters. The number of nitriles is 1. The van der Waals surface area contributed by atoms with Crippen molar-refractivity contribution in [2.75, 3.05) is 10.2 Å². The predicted molar refractivity (Wildman–Crippen MR) is 108 cm³/mol. The summed E-state index contributed by atoms with van der Waals surface area (Å²) in [6, 6.07) is 18.5. The number of hydrogen-bond acceptors (Lipinski definition) is 4. The lowest BCUT2D eigenvalue weighted by Gasteiger charge is -2.19. The second kappa shape index (κ2) is 8.11. The summed E-state index contributed by atoms with van der Waals surface area (Å²) in [5, 5.41) is 12.4. The highest BCUT2D eigenvalue weighted by Gasteiger charge is 2.38. The highest BCUT2D eigenvalue weighted by Crippen LogP contribution is 2.40. The number of amides is 2. The van der Waals surface area contributed by atoms with E-state index in [2.05, 4.69) is 12.2 Å². The van der Waals surface area contributed by atoms with Crippen molar-refractivity contribution in [3.63, 3.8) is 0 Å². The van der Waals surface area contributed by atoms with Crippen LogP contribution in [0.3, 0.4) is 0 Å². The molecule has 0 bridgehead atoms. The Morgan fingerprint density at radius 2 is 1.85 bits per heavy atom. The van der Waals surface area contributed by atoms with Crippen LogP contribution in [0.2, 0.25) is 0 Å². The first kappa shape index (κ1) is 18.7. The van der Waals surface area contributed by atoms with Crippen molar-refractivity contribution < 1.29 is 9.59 Å². The Hall–Kier alpha value is -3.04. The van der Waals surface area contributed by atoms with Crippen LogP contribution in [0.5, 0.6) is 0 Å². The van der Waals surface area contributed by atoms with Gasteiger partial charge in [-0.2, -0.15) is 5.26 Å². The third-order valence-corrected chi connectivity index (χ3v) is 5.41. The number of carbonyl (C=O) groups is 2. The van der Waals surface area contributed by atoms with Gasteiger partial charge in [0.1, 0.15) is 16.7 Å². The minimum atomic E-state index is -0.525. The quantitative estimate of drug-likeness (QED) is 0.643. The van der Waals surface area contributed by atoms with Crippen molar-refractivity contribution in [1.29, 1.82) is 5.26 Å². The maximum atomic E-state index is 12.7. The molecule has 3 rings (SSSR count).